The molecule has 0 saturated heterocycles. The van der Waals surface area contributed by atoms with E-state index in [1.54, 1.807) is 0 Å². The van der Waals surface area contributed by atoms with Crippen molar-refractivity contribution in [1.29, 1.82) is 0 Å². The van der Waals surface area contributed by atoms with Crippen molar-refractivity contribution < 1.29 is 0 Å². The highest BCUT2D eigenvalue weighted by Crippen LogP contribution is 2.26. The first-order valence-electron chi connectivity index (χ1n) is 5.88. The summed E-state index contributed by atoms with van der Waals surface area (Å²) in [6.07, 6.45) is 2.32. The van der Waals surface area contributed by atoms with E-state index in [4.69, 9.17) is 0 Å². The van der Waals surface area contributed by atoms with Crippen LogP contribution in [-0.4, -0.2) is 21.5 Å². The average molecular weight is 335 g/mol. The molecule has 1 N–H and O–H groups in total. The lowest BCUT2D eigenvalue weighted by Crippen LogP contribution is -2.18. The third-order valence-corrected chi connectivity index (χ3v) is 5.69. The van der Waals surface area contributed by atoms with Crippen LogP contribution in [0.1, 0.15) is 33.6 Å². The van der Waals surface area contributed by atoms with E-state index in [1.165, 1.54) is 17.6 Å². The van der Waals surface area contributed by atoms with Crippen molar-refractivity contribution in [3.63, 3.8) is 0 Å². The predicted octanol–water partition coefficient (Wildman–Crippen LogP) is 3.92. The molecule has 2 heteroatoms. The maximum absolute atomic E-state index is 4.22. The molecule has 0 bridgehead atoms. The van der Waals surface area contributed by atoms with Crippen molar-refractivity contribution in [3.8, 4) is 0 Å². The Labute approximate surface area is 111 Å². The van der Waals surface area contributed by atoms with Crippen molar-refractivity contribution in [3.05, 3.63) is 24.3 Å². The highest BCUT2D eigenvalue weighted by atomic mass is 127. The van der Waals surface area contributed by atoms with Gasteiger partial charge in [0.1, 0.15) is 0 Å². The molecule has 1 nitrogen and oxygen atoms in total. The topological polar surface area (TPSA) is 12.0 Å². The van der Waals surface area contributed by atoms with Crippen LogP contribution in [0.5, 0.6) is 0 Å². The van der Waals surface area contributed by atoms with Gasteiger partial charge in [-0.25, -0.2) is 0 Å². The first-order valence-corrected chi connectivity index (χ1v) is 8.65. The molecule has 0 aliphatic heterocycles. The Morgan fingerprint density at radius 3 is 2.38 bits per heavy atom. The highest BCUT2D eigenvalue weighted by Gasteiger charge is 2.12. The number of alkyl halides is 1. The van der Waals surface area contributed by atoms with E-state index in [0.29, 0.717) is 9.84 Å². The van der Waals surface area contributed by atoms with Gasteiger partial charge in [0, 0.05) is 10.5 Å². The summed E-state index contributed by atoms with van der Waals surface area (Å²) in [5.74, 6) is 0.709. The minimum atomic E-state index is 0.0403. The van der Waals surface area contributed by atoms with Crippen molar-refractivity contribution in [2.45, 2.75) is 37.5 Å². The molecule has 0 aromatic rings. The van der Waals surface area contributed by atoms with E-state index in [-0.39, 0.29) is 20.7 Å². The minimum Gasteiger partial charge on any atom is -0.313 e. The minimum absolute atomic E-state index is 0.0403. The summed E-state index contributed by atoms with van der Waals surface area (Å²) in [7, 11) is 0. The molecule has 16 heavy (non-hydrogen) atoms. The van der Waals surface area contributed by atoms with Gasteiger partial charge in [-0.15, -0.1) is 20.7 Å². The Hall–Kier alpha value is 0.0400. The van der Waals surface area contributed by atoms with Gasteiger partial charge in [-0.2, -0.15) is 0 Å². The summed E-state index contributed by atoms with van der Waals surface area (Å²) in [5.41, 5.74) is 2.61. The largest absolute Gasteiger partial charge is 0.313 e. The predicted molar refractivity (Wildman–Crippen MR) is 85.8 cm³/mol. The molecule has 1 atom stereocenters. The Morgan fingerprint density at radius 1 is 1.31 bits per heavy atom. The molecule has 0 fully saturated rings. The van der Waals surface area contributed by atoms with E-state index in [0.717, 1.165) is 19.5 Å². The van der Waals surface area contributed by atoms with Gasteiger partial charge in [-0.1, -0.05) is 42.7 Å². The SMILES string of the molecule is C=IC(C(=C)CCCNCC(=C)C)C(C)C. The smallest absolute Gasteiger partial charge is 0.0286 e. The first kappa shape index (κ1) is 16.0. The van der Waals surface area contributed by atoms with Crippen LogP contribution in [0.2, 0.25) is 0 Å². The molecule has 0 saturated carbocycles. The number of halogens is 1. The third kappa shape index (κ3) is 7.34. The molecule has 0 heterocycles. The molecule has 0 spiro atoms. The van der Waals surface area contributed by atoms with E-state index >= 15 is 0 Å². The van der Waals surface area contributed by atoms with Crippen LogP contribution in [0.15, 0.2) is 24.3 Å². The normalized spacial score (nSPS) is 12.8. The van der Waals surface area contributed by atoms with Crippen molar-refractivity contribution in [1.82, 2.24) is 5.32 Å². The fourth-order valence-corrected chi connectivity index (χ4v) is 3.59. The molecule has 94 valence electrons. The quantitative estimate of drug-likeness (QED) is 0.291. The Morgan fingerprint density at radius 2 is 1.94 bits per heavy atom. The highest BCUT2D eigenvalue weighted by molar-refractivity contribution is 14.2. The van der Waals surface area contributed by atoms with Crippen molar-refractivity contribution in [2.75, 3.05) is 13.1 Å². The average Bonchev–Trinajstić information content (AvgIpc) is 2.17. The van der Waals surface area contributed by atoms with Gasteiger partial charge in [0.2, 0.25) is 0 Å². The zero-order valence-electron chi connectivity index (χ0n) is 11.0. The Balaban J connectivity index is 3.72. The molecule has 0 aromatic carbocycles. The lowest BCUT2D eigenvalue weighted by molar-refractivity contribution is 0.628. The second kappa shape index (κ2) is 9.11. The zero-order valence-corrected chi connectivity index (χ0v) is 13.1. The molecule has 0 aliphatic rings. The number of hydrogen-bond acceptors (Lipinski definition) is 1. The second-order valence-electron chi connectivity index (χ2n) is 4.70. The Bertz CT molecular complexity index is 243. The van der Waals surface area contributed by atoms with Gasteiger partial charge in [-0.05, 0) is 32.2 Å². The molecule has 0 radical (unpaired) electrons. The van der Waals surface area contributed by atoms with E-state index in [1.807, 2.05) is 6.92 Å². The lowest BCUT2D eigenvalue weighted by atomic mass is 10.0. The maximum atomic E-state index is 4.22. The van der Waals surface area contributed by atoms with Gasteiger partial charge < -0.3 is 5.32 Å². The third-order valence-electron chi connectivity index (χ3n) is 2.42. The summed E-state index contributed by atoms with van der Waals surface area (Å²) < 4.78 is 4.81. The van der Waals surface area contributed by atoms with Gasteiger partial charge in [0.15, 0.2) is 0 Å². The van der Waals surface area contributed by atoms with Crippen LogP contribution in [0.4, 0.5) is 0 Å². The zero-order chi connectivity index (χ0) is 12.6. The van der Waals surface area contributed by atoms with E-state index < -0.39 is 0 Å². The van der Waals surface area contributed by atoms with Gasteiger partial charge >= 0.3 is 0 Å². The number of allylic oxidation sites excluding steroid dienone is 1. The fourth-order valence-electron chi connectivity index (χ4n) is 1.64. The monoisotopic (exact) mass is 335 g/mol. The first-order chi connectivity index (χ1) is 7.49. The van der Waals surface area contributed by atoms with Crippen LogP contribution in [0.25, 0.3) is 0 Å². The summed E-state index contributed by atoms with van der Waals surface area (Å²) >= 11 is 0.0403. The Kier molecular flexibility index (Phi) is 9.13. The number of rotatable bonds is 9. The summed E-state index contributed by atoms with van der Waals surface area (Å²) in [4.78, 5) is 0. The van der Waals surface area contributed by atoms with Gasteiger partial charge in [0.25, 0.3) is 0 Å². The van der Waals surface area contributed by atoms with Gasteiger partial charge in [0.05, 0.1) is 0 Å². The number of nitrogens with one attached hydrogen (secondary N) is 1. The summed E-state index contributed by atoms with van der Waals surface area (Å²) in [6.45, 7) is 16.7. The van der Waals surface area contributed by atoms with Crippen LogP contribution >= 0.6 is 20.7 Å². The second-order valence-corrected chi connectivity index (χ2v) is 6.92. The summed E-state index contributed by atoms with van der Waals surface area (Å²) in [5, 5.41) is 3.38. The molecular formula is C14H26IN. The lowest BCUT2D eigenvalue weighted by Gasteiger charge is -2.18. The summed E-state index contributed by atoms with van der Waals surface area (Å²) in [6, 6.07) is 0. The molecule has 0 amide bonds. The van der Waals surface area contributed by atoms with Crippen LogP contribution in [-0.2, 0) is 0 Å². The van der Waals surface area contributed by atoms with E-state index in [9.17, 15) is 0 Å². The van der Waals surface area contributed by atoms with Gasteiger partial charge in [-0.3, -0.25) is 0 Å². The van der Waals surface area contributed by atoms with Crippen LogP contribution in [0.3, 0.4) is 0 Å². The molecule has 0 rings (SSSR count). The molecule has 0 aromatic heterocycles. The standard InChI is InChI=1S/C14H26IN/c1-11(2)10-16-9-7-8-13(5)14(15-6)12(3)4/h12,14,16H,1,5-10H2,2-4H3. The molecule has 0 aliphatic carbocycles. The molecular weight excluding hydrogens is 309 g/mol. The molecule has 1 unspecified atom stereocenters. The van der Waals surface area contributed by atoms with Crippen LogP contribution in [0, 0.1) is 5.92 Å². The number of hydrogen-bond donors (Lipinski definition) is 1. The van der Waals surface area contributed by atoms with Crippen molar-refractivity contribution in [2.24, 2.45) is 5.92 Å². The van der Waals surface area contributed by atoms with E-state index in [2.05, 4.69) is 36.8 Å². The maximum Gasteiger partial charge on any atom is 0.0286 e. The fraction of sp³-hybridized carbons (Fsp3) is 0.643. The van der Waals surface area contributed by atoms with Crippen LogP contribution < -0.4 is 5.32 Å². The van der Waals surface area contributed by atoms with Crippen molar-refractivity contribution >= 4 is 25.2 Å².